The fraction of sp³-hybridized carbons (Fsp3) is 0.731. The van der Waals surface area contributed by atoms with E-state index in [0.717, 1.165) is 25.7 Å². The molecular weight excluding hydrogens is 514 g/mol. The summed E-state index contributed by atoms with van der Waals surface area (Å²) >= 11 is 3.71. The maximum Gasteiger partial charge on any atom is 0.248 e. The number of hydrogen-bond acceptors (Lipinski definition) is 5. The van der Waals surface area contributed by atoms with E-state index < -0.39 is 29.6 Å². The molecule has 3 unspecified atom stereocenters. The summed E-state index contributed by atoms with van der Waals surface area (Å²) in [6, 6.07) is -0.713. The number of aliphatic hydroxyl groups excluding tert-OH is 1. The molecule has 194 valence electrons. The van der Waals surface area contributed by atoms with Crippen LogP contribution < -0.4 is 0 Å². The summed E-state index contributed by atoms with van der Waals surface area (Å²) in [5.41, 5.74) is -1.06. The third-order valence-corrected chi connectivity index (χ3v) is 9.11. The number of rotatable bonds is 10. The highest BCUT2D eigenvalue weighted by Gasteiger charge is 2.76. The first-order chi connectivity index (χ1) is 16.8. The van der Waals surface area contributed by atoms with Crippen LogP contribution in [0.15, 0.2) is 25.3 Å². The third-order valence-electron chi connectivity index (χ3n) is 8.27. The first-order valence-electron chi connectivity index (χ1n) is 12.8. The van der Waals surface area contributed by atoms with Crippen molar-refractivity contribution >= 4 is 33.7 Å². The average molecular weight is 553 g/mol. The van der Waals surface area contributed by atoms with Gasteiger partial charge in [-0.1, -0.05) is 47.3 Å². The van der Waals surface area contributed by atoms with Crippen molar-refractivity contribution in [1.82, 2.24) is 14.7 Å². The van der Waals surface area contributed by atoms with Crippen molar-refractivity contribution in [3.8, 4) is 0 Å². The van der Waals surface area contributed by atoms with E-state index in [2.05, 4.69) is 29.1 Å². The molecule has 1 N–H and O–H groups in total. The first-order valence-corrected chi connectivity index (χ1v) is 13.7. The Bertz CT molecular complexity index is 862. The normalized spacial score (nSPS) is 34.1. The number of carbonyl (C=O) groups is 3. The molecule has 1 saturated carbocycles. The van der Waals surface area contributed by atoms with Gasteiger partial charge in [-0.05, 0) is 25.7 Å². The highest BCUT2D eigenvalue weighted by molar-refractivity contribution is 9.09. The van der Waals surface area contributed by atoms with Crippen LogP contribution in [0, 0.1) is 11.8 Å². The Morgan fingerprint density at radius 1 is 1.20 bits per heavy atom. The Labute approximate surface area is 216 Å². The minimum atomic E-state index is -1.06. The molecule has 3 heterocycles. The quantitative estimate of drug-likeness (QED) is 0.331. The molecule has 8 nitrogen and oxygen atoms in total. The van der Waals surface area contributed by atoms with Gasteiger partial charge in [0.1, 0.15) is 11.6 Å². The van der Waals surface area contributed by atoms with Crippen LogP contribution in [0.5, 0.6) is 0 Å². The van der Waals surface area contributed by atoms with Gasteiger partial charge in [0, 0.05) is 44.2 Å². The van der Waals surface area contributed by atoms with Gasteiger partial charge in [0.05, 0.1) is 17.9 Å². The molecule has 9 heteroatoms. The second-order valence-electron chi connectivity index (χ2n) is 10.4. The highest BCUT2D eigenvalue weighted by Crippen LogP contribution is 2.60. The van der Waals surface area contributed by atoms with Gasteiger partial charge < -0.3 is 24.5 Å². The predicted octanol–water partition coefficient (Wildman–Crippen LogP) is 2.11. The zero-order valence-electron chi connectivity index (χ0n) is 20.6. The molecule has 35 heavy (non-hydrogen) atoms. The number of likely N-dealkylation sites (tertiary alicyclic amines) is 1. The molecule has 2 bridgehead atoms. The van der Waals surface area contributed by atoms with Gasteiger partial charge in [-0.3, -0.25) is 14.4 Å². The van der Waals surface area contributed by atoms with Gasteiger partial charge in [0.2, 0.25) is 17.7 Å². The van der Waals surface area contributed by atoms with Gasteiger partial charge in [-0.25, -0.2) is 0 Å². The average Bonchev–Trinajstić information content (AvgIpc) is 3.44. The smallest absolute Gasteiger partial charge is 0.248 e. The summed E-state index contributed by atoms with van der Waals surface area (Å²) in [5, 5.41) is 9.53. The number of carbonyl (C=O) groups excluding carboxylic acids is 3. The van der Waals surface area contributed by atoms with Crippen LogP contribution >= 0.6 is 15.9 Å². The predicted molar refractivity (Wildman–Crippen MR) is 136 cm³/mol. The van der Waals surface area contributed by atoms with Gasteiger partial charge in [-0.15, -0.1) is 13.2 Å². The van der Waals surface area contributed by atoms with Crippen LogP contribution in [0.3, 0.4) is 0 Å². The van der Waals surface area contributed by atoms with E-state index in [-0.39, 0.29) is 41.7 Å². The van der Waals surface area contributed by atoms with E-state index in [4.69, 9.17) is 4.74 Å². The lowest BCUT2D eigenvalue weighted by molar-refractivity contribution is -0.150. The van der Waals surface area contributed by atoms with Gasteiger partial charge >= 0.3 is 0 Å². The number of likely N-dealkylation sites (N-methyl/N-ethyl adjacent to an activating group) is 1. The number of hydrogen-bond donors (Lipinski definition) is 1. The van der Waals surface area contributed by atoms with Gasteiger partial charge in [-0.2, -0.15) is 0 Å². The maximum absolute atomic E-state index is 14.3. The monoisotopic (exact) mass is 551 g/mol. The van der Waals surface area contributed by atoms with Crippen molar-refractivity contribution in [2.45, 2.75) is 73.6 Å². The number of ether oxygens (including phenoxy) is 1. The first kappa shape index (κ1) is 26.4. The fourth-order valence-electron chi connectivity index (χ4n) is 6.82. The Balaban J connectivity index is 1.73. The molecule has 1 aliphatic carbocycles. The van der Waals surface area contributed by atoms with E-state index in [9.17, 15) is 19.5 Å². The van der Waals surface area contributed by atoms with Gasteiger partial charge in [0.25, 0.3) is 0 Å². The van der Waals surface area contributed by atoms with Crippen LogP contribution in [0.25, 0.3) is 0 Å². The number of fused-ring (bicyclic) bond motifs is 1. The van der Waals surface area contributed by atoms with E-state index in [0.29, 0.717) is 25.9 Å². The number of alkyl halides is 1. The zero-order valence-corrected chi connectivity index (χ0v) is 22.2. The summed E-state index contributed by atoms with van der Waals surface area (Å²) in [6.07, 6.45) is 8.96. The molecule has 1 spiro atoms. The van der Waals surface area contributed by atoms with Crippen LogP contribution in [-0.4, -0.2) is 99.4 Å². The SMILES string of the molecule is C=CCN(C)C(=O)[C@H]1[C@@H]2OC3(CC2Br)C(C(=O)N(CC=C)C2CCCCC2)N(CCCO)C(=O)[C@H]13. The second-order valence-corrected chi connectivity index (χ2v) is 11.5. The Morgan fingerprint density at radius 2 is 1.89 bits per heavy atom. The topological polar surface area (TPSA) is 90.4 Å². The molecule has 4 aliphatic rings. The van der Waals surface area contributed by atoms with Crippen molar-refractivity contribution in [2.24, 2.45) is 11.8 Å². The van der Waals surface area contributed by atoms with Crippen molar-refractivity contribution in [3.05, 3.63) is 25.3 Å². The Morgan fingerprint density at radius 3 is 2.51 bits per heavy atom. The lowest BCUT2D eigenvalue weighted by Crippen LogP contribution is -2.58. The number of nitrogens with zero attached hydrogens (tertiary/aromatic N) is 3. The minimum absolute atomic E-state index is 0.0870. The van der Waals surface area contributed by atoms with Crippen LogP contribution in [0.2, 0.25) is 0 Å². The van der Waals surface area contributed by atoms with Crippen molar-refractivity contribution < 1.29 is 24.2 Å². The molecule has 0 aromatic heterocycles. The Kier molecular flexibility index (Phi) is 8.08. The summed E-state index contributed by atoms with van der Waals surface area (Å²) in [4.78, 5) is 46.6. The molecule has 4 rings (SSSR count). The lowest BCUT2D eigenvalue weighted by Gasteiger charge is -2.41. The van der Waals surface area contributed by atoms with Crippen molar-refractivity contribution in [2.75, 3.05) is 33.3 Å². The van der Waals surface area contributed by atoms with Crippen molar-refractivity contribution in [3.63, 3.8) is 0 Å². The second kappa shape index (κ2) is 10.7. The zero-order chi connectivity index (χ0) is 25.3. The van der Waals surface area contributed by atoms with Crippen LogP contribution in [0.4, 0.5) is 0 Å². The Hall–Kier alpha value is -1.71. The molecule has 0 radical (unpaired) electrons. The molecule has 3 aliphatic heterocycles. The maximum atomic E-state index is 14.3. The van der Waals surface area contributed by atoms with Crippen molar-refractivity contribution in [1.29, 1.82) is 0 Å². The largest absolute Gasteiger partial charge is 0.396 e. The van der Waals surface area contributed by atoms with E-state index in [1.165, 1.54) is 6.42 Å². The highest BCUT2D eigenvalue weighted by atomic mass is 79.9. The molecule has 6 atom stereocenters. The van der Waals surface area contributed by atoms with E-state index >= 15 is 0 Å². The summed E-state index contributed by atoms with van der Waals surface area (Å²) in [7, 11) is 1.70. The molecule has 4 fully saturated rings. The number of halogens is 1. The van der Waals surface area contributed by atoms with Crippen LogP contribution in [-0.2, 0) is 19.1 Å². The molecule has 3 saturated heterocycles. The number of amides is 3. The molecule has 0 aromatic carbocycles. The molecule has 3 amide bonds. The summed E-state index contributed by atoms with van der Waals surface area (Å²) in [5.74, 6) is -1.89. The summed E-state index contributed by atoms with van der Waals surface area (Å²) < 4.78 is 6.57. The summed E-state index contributed by atoms with van der Waals surface area (Å²) in [6.45, 7) is 8.55. The number of aliphatic hydroxyl groups is 1. The van der Waals surface area contributed by atoms with Crippen LogP contribution in [0.1, 0.15) is 44.9 Å². The standard InChI is InChI=1S/C26H38BrN3O5/c1-4-12-28(3)23(32)19-20-24(33)30(14-9-15-31)22(26(20)16-18(27)21(19)35-26)25(34)29(13-5-2)17-10-7-6-8-11-17/h4-5,17-22,31H,1-2,6-16H2,3H3/t18?,19-,20+,21-,22?,26?/m1/s1. The van der Waals surface area contributed by atoms with E-state index in [1.54, 1.807) is 29.0 Å². The third kappa shape index (κ3) is 4.37. The molecule has 0 aromatic rings. The minimum Gasteiger partial charge on any atom is -0.396 e. The van der Waals surface area contributed by atoms with Gasteiger partial charge in [0.15, 0.2) is 0 Å². The van der Waals surface area contributed by atoms with E-state index in [1.807, 2.05) is 4.90 Å². The molecular formula is C26H38BrN3O5. The fourth-order valence-corrected chi connectivity index (χ4v) is 7.76. The lowest BCUT2D eigenvalue weighted by atomic mass is 9.70.